The molecule has 0 radical (unpaired) electrons. The molecule has 0 aromatic rings. The minimum atomic E-state index is -3.27. The van der Waals surface area contributed by atoms with Crippen LogP contribution in [-0.2, 0) is 20.6 Å². The van der Waals surface area contributed by atoms with Gasteiger partial charge in [-0.25, -0.2) is 0 Å². The highest BCUT2D eigenvalue weighted by atomic mass is 28.5. The van der Waals surface area contributed by atoms with E-state index in [1.54, 1.807) is 0 Å². The summed E-state index contributed by atoms with van der Waals surface area (Å²) >= 11 is 0. The van der Waals surface area contributed by atoms with Gasteiger partial charge in [0.2, 0.25) is 0 Å². The van der Waals surface area contributed by atoms with E-state index >= 15 is 0 Å². The lowest BCUT2D eigenvalue weighted by Gasteiger charge is -2.47. The summed E-state index contributed by atoms with van der Waals surface area (Å²) in [4.78, 5) is 0. The van der Waals surface area contributed by atoms with Crippen LogP contribution in [0.1, 0.15) is 48.5 Å². The molecule has 2 unspecified atom stereocenters. The molecule has 0 rings (SSSR count). The summed E-state index contributed by atoms with van der Waals surface area (Å²) in [5.41, 5.74) is 0. The molecular formula is C27H56O5Si6. The maximum Gasteiger partial charge on any atom is 0.469 e. The van der Waals surface area contributed by atoms with E-state index in [2.05, 4.69) is 85.9 Å². The molecule has 0 aromatic carbocycles. The van der Waals surface area contributed by atoms with Crippen LogP contribution in [-0.4, -0.2) is 50.9 Å². The van der Waals surface area contributed by atoms with E-state index < -0.39 is 50.9 Å². The fourth-order valence-electron chi connectivity index (χ4n) is 5.06. The molecule has 0 aromatic heterocycles. The Labute approximate surface area is 242 Å². The Hall–Kier alpha value is -0.219. The lowest BCUT2D eigenvalue weighted by Crippen LogP contribution is -2.65. The summed E-state index contributed by atoms with van der Waals surface area (Å²) in [6.07, 6.45) is 17.4. The molecule has 2 atom stereocenters. The molecule has 0 aliphatic heterocycles. The Bertz CT molecular complexity index is 836. The van der Waals surface area contributed by atoms with Crippen LogP contribution in [0.25, 0.3) is 0 Å². The number of hydrogen-bond donors (Lipinski definition) is 0. The van der Waals surface area contributed by atoms with E-state index in [0.717, 1.165) is 42.3 Å². The third kappa shape index (κ3) is 11.0. The Kier molecular flexibility index (Phi) is 16.2. The third-order valence-electron chi connectivity index (χ3n) is 7.91. The summed E-state index contributed by atoms with van der Waals surface area (Å²) in [6.45, 7) is 23.6. The van der Waals surface area contributed by atoms with Crippen LogP contribution in [0.5, 0.6) is 0 Å². The summed E-state index contributed by atoms with van der Waals surface area (Å²) in [5, 5.41) is 0. The zero-order valence-corrected chi connectivity index (χ0v) is 32.3. The highest BCUT2D eigenvalue weighted by Gasteiger charge is 2.55. The molecule has 0 heterocycles. The average molecular weight is 629 g/mol. The van der Waals surface area contributed by atoms with E-state index in [1.165, 1.54) is 0 Å². The van der Waals surface area contributed by atoms with Gasteiger partial charge in [-0.15, -0.1) is 37.0 Å². The highest BCUT2D eigenvalue weighted by molar-refractivity contribution is 6.93. The van der Waals surface area contributed by atoms with Gasteiger partial charge < -0.3 is 20.6 Å². The second kappa shape index (κ2) is 16.3. The Morgan fingerprint density at radius 3 is 1.11 bits per heavy atom. The van der Waals surface area contributed by atoms with Gasteiger partial charge in [0.05, 0.1) is 0 Å². The van der Waals surface area contributed by atoms with Crippen molar-refractivity contribution in [3.63, 3.8) is 0 Å². The Balaban J connectivity index is 6.66. The van der Waals surface area contributed by atoms with Crippen molar-refractivity contribution in [1.82, 2.24) is 0 Å². The van der Waals surface area contributed by atoms with Crippen LogP contribution in [0.4, 0.5) is 0 Å². The smallest absolute Gasteiger partial charge is 0.435 e. The first kappa shape index (κ1) is 37.8. The predicted octanol–water partition coefficient (Wildman–Crippen LogP) is 8.29. The summed E-state index contributed by atoms with van der Waals surface area (Å²) in [6, 6.07) is 8.38. The van der Waals surface area contributed by atoms with Crippen LogP contribution in [0.3, 0.4) is 0 Å². The van der Waals surface area contributed by atoms with E-state index in [4.69, 9.17) is 39.8 Å². The van der Waals surface area contributed by atoms with Gasteiger partial charge in [0, 0.05) is 24.7 Å². The van der Waals surface area contributed by atoms with Crippen LogP contribution in [0.2, 0.25) is 86.6 Å². The third-order valence-corrected chi connectivity index (χ3v) is 36.5. The second-order valence-electron chi connectivity index (χ2n) is 11.1. The van der Waals surface area contributed by atoms with Crippen molar-refractivity contribution in [2.75, 3.05) is 0 Å². The zero-order chi connectivity index (χ0) is 29.7. The van der Waals surface area contributed by atoms with Gasteiger partial charge in [0.15, 0.2) is 25.0 Å². The fourth-order valence-corrected chi connectivity index (χ4v) is 35.1. The number of rotatable bonds is 20. The molecule has 5 nitrogen and oxygen atoms in total. The van der Waals surface area contributed by atoms with Crippen molar-refractivity contribution < 1.29 is 20.6 Å². The van der Waals surface area contributed by atoms with Gasteiger partial charge in [-0.05, 0) is 61.9 Å². The highest BCUT2D eigenvalue weighted by Crippen LogP contribution is 2.36. The van der Waals surface area contributed by atoms with E-state index in [9.17, 15) is 0 Å². The van der Waals surface area contributed by atoms with Crippen LogP contribution in [0, 0.1) is 37.0 Å². The predicted molar refractivity (Wildman–Crippen MR) is 178 cm³/mol. The van der Waals surface area contributed by atoms with Crippen molar-refractivity contribution >= 4 is 50.9 Å². The molecular weight excluding hydrogens is 573 g/mol. The van der Waals surface area contributed by atoms with Crippen LogP contribution < -0.4 is 0 Å². The first-order chi connectivity index (χ1) is 17.6. The molecule has 0 aliphatic rings. The Morgan fingerprint density at radius 1 is 0.447 bits per heavy atom. The first-order valence-corrected chi connectivity index (χ1v) is 29.6. The normalized spacial score (nSPS) is 16.1. The van der Waals surface area contributed by atoms with Gasteiger partial charge in [-0.1, -0.05) is 48.5 Å². The van der Waals surface area contributed by atoms with Crippen molar-refractivity contribution in [3.05, 3.63) is 0 Å². The lowest BCUT2D eigenvalue weighted by atomic mass is 10.8. The van der Waals surface area contributed by atoms with Crippen molar-refractivity contribution in [3.8, 4) is 37.0 Å². The molecule has 0 bridgehead atoms. The van der Waals surface area contributed by atoms with E-state index in [-0.39, 0.29) is 0 Å². The van der Waals surface area contributed by atoms with Crippen molar-refractivity contribution in [2.24, 2.45) is 0 Å². The summed E-state index contributed by atoms with van der Waals surface area (Å²) in [5.74, 6) is 8.67. The van der Waals surface area contributed by atoms with Crippen LogP contribution in [0.15, 0.2) is 0 Å². The molecule has 0 N–H and O–H groups in total. The second-order valence-corrected chi connectivity index (χ2v) is 35.1. The van der Waals surface area contributed by atoms with Gasteiger partial charge in [0.25, 0.3) is 0 Å². The Morgan fingerprint density at radius 2 is 0.789 bits per heavy atom. The van der Waals surface area contributed by atoms with E-state index in [0.29, 0.717) is 18.1 Å². The largest absolute Gasteiger partial charge is 0.469 e. The van der Waals surface area contributed by atoms with Gasteiger partial charge >= 0.3 is 25.9 Å². The van der Waals surface area contributed by atoms with Gasteiger partial charge in [0.1, 0.15) is 0 Å². The minimum absolute atomic E-state index is 0.628. The quantitative estimate of drug-likeness (QED) is 0.100. The molecule has 0 amide bonds. The molecule has 0 saturated heterocycles. The topological polar surface area (TPSA) is 46.2 Å². The number of hydrogen-bond acceptors (Lipinski definition) is 5. The fraction of sp³-hybridized carbons (Fsp3) is 0.778. The van der Waals surface area contributed by atoms with Crippen LogP contribution >= 0.6 is 0 Å². The van der Waals surface area contributed by atoms with Crippen molar-refractivity contribution in [2.45, 2.75) is 135 Å². The molecule has 11 heteroatoms. The lowest BCUT2D eigenvalue weighted by molar-refractivity contribution is 0.209. The summed E-state index contributed by atoms with van der Waals surface area (Å²) in [7, 11) is -15.3. The van der Waals surface area contributed by atoms with E-state index in [1.807, 2.05) is 6.55 Å². The standard InChI is InChI=1S/C27H56O5Si6/c1-15-25-36(19-5,20-6)29-33(11,12)28-35(14,32-38(23-9,24-10)27-17-3)30-34(13,18-4)31-37(21-7,22-8)26-16-2/h1-3H,18-27H2,4-14H3. The average Bonchev–Trinajstić information content (AvgIpc) is 2.86. The minimum Gasteiger partial charge on any atom is -0.435 e. The molecule has 218 valence electrons. The zero-order valence-electron chi connectivity index (χ0n) is 26.3. The molecule has 0 fully saturated rings. The molecule has 0 saturated carbocycles. The number of terminal acetylenes is 3. The maximum absolute atomic E-state index is 7.14. The monoisotopic (exact) mass is 628 g/mol. The van der Waals surface area contributed by atoms with Gasteiger partial charge in [-0.3, -0.25) is 0 Å². The van der Waals surface area contributed by atoms with Gasteiger partial charge in [-0.2, -0.15) is 0 Å². The molecule has 0 spiro atoms. The SMILES string of the molecule is C#CC[Si](CC)(CC)O[Si](C)(C)O[Si](C)(O[Si](CC)(CC)CC#C)O[Si](C)(CC)O[Si](CC)(CC)CC#C. The molecule has 38 heavy (non-hydrogen) atoms. The van der Waals surface area contributed by atoms with Crippen molar-refractivity contribution in [1.29, 1.82) is 0 Å². The summed E-state index contributed by atoms with van der Waals surface area (Å²) < 4.78 is 35.3. The maximum atomic E-state index is 7.14. The first-order valence-electron chi connectivity index (χ1n) is 14.5. The molecule has 0 aliphatic carbocycles.